The molecule has 0 atom stereocenters. The summed E-state index contributed by atoms with van der Waals surface area (Å²) in [6.45, 7) is 5.00. The molecule has 3 heterocycles. The summed E-state index contributed by atoms with van der Waals surface area (Å²) in [6, 6.07) is 9.99. The number of anilines is 2. The summed E-state index contributed by atoms with van der Waals surface area (Å²) in [5.74, 6) is 1.21. The lowest BCUT2D eigenvalue weighted by Gasteiger charge is -2.31. The zero-order valence-corrected chi connectivity index (χ0v) is 16.4. The molecule has 0 fully saturated rings. The van der Waals surface area contributed by atoms with Gasteiger partial charge in [-0.1, -0.05) is 0 Å². The number of aliphatic hydroxyl groups excluding tert-OH is 1. The van der Waals surface area contributed by atoms with Gasteiger partial charge < -0.3 is 30.2 Å². The van der Waals surface area contributed by atoms with E-state index in [0.717, 1.165) is 52.7 Å². The van der Waals surface area contributed by atoms with E-state index in [1.807, 2.05) is 31.2 Å². The molecule has 0 spiro atoms. The molecule has 0 unspecified atom stereocenters. The first-order valence-corrected chi connectivity index (χ1v) is 9.65. The minimum Gasteiger partial charge on any atom is -0.490 e. The number of imidazole rings is 1. The molecule has 8 nitrogen and oxygen atoms in total. The van der Waals surface area contributed by atoms with Crippen LogP contribution in [0, 0.1) is 6.92 Å². The number of aromatic nitrogens is 3. The second kappa shape index (κ2) is 8.50. The van der Waals surface area contributed by atoms with Gasteiger partial charge in [0.2, 0.25) is 0 Å². The highest BCUT2D eigenvalue weighted by molar-refractivity contribution is 5.82. The summed E-state index contributed by atoms with van der Waals surface area (Å²) in [5.41, 5.74) is 11.5. The van der Waals surface area contributed by atoms with Crippen LogP contribution in [0.2, 0.25) is 0 Å². The first-order chi connectivity index (χ1) is 14.2. The number of aliphatic hydroxyl groups is 1. The zero-order valence-electron chi connectivity index (χ0n) is 16.4. The lowest BCUT2D eigenvalue weighted by atomic mass is 10.0. The molecule has 1 aliphatic heterocycles. The summed E-state index contributed by atoms with van der Waals surface area (Å²) >= 11 is 0. The monoisotopic (exact) mass is 395 g/mol. The fraction of sp³-hybridized carbons (Fsp3) is 0.333. The van der Waals surface area contributed by atoms with Crippen LogP contribution >= 0.6 is 0 Å². The van der Waals surface area contributed by atoms with Crippen LogP contribution in [0.3, 0.4) is 0 Å². The van der Waals surface area contributed by atoms with Gasteiger partial charge in [0, 0.05) is 29.6 Å². The molecule has 0 saturated heterocycles. The Kier molecular flexibility index (Phi) is 5.64. The molecule has 2 aromatic heterocycles. The second-order valence-electron chi connectivity index (χ2n) is 6.89. The molecule has 4 rings (SSSR count). The maximum atomic E-state index is 8.88. The third-order valence-corrected chi connectivity index (χ3v) is 4.84. The average Bonchev–Trinajstić information content (AvgIpc) is 3.13. The summed E-state index contributed by atoms with van der Waals surface area (Å²) in [4.78, 5) is 14.2. The van der Waals surface area contributed by atoms with E-state index in [0.29, 0.717) is 25.8 Å². The molecule has 4 N–H and O–H groups in total. The first-order valence-electron chi connectivity index (χ1n) is 9.65. The van der Waals surface area contributed by atoms with E-state index in [4.69, 9.17) is 20.3 Å². The number of rotatable bonds is 7. The zero-order chi connectivity index (χ0) is 20.2. The lowest BCUT2D eigenvalue weighted by Crippen LogP contribution is -2.35. The van der Waals surface area contributed by atoms with Crippen molar-refractivity contribution in [2.24, 2.45) is 0 Å². The maximum absolute atomic E-state index is 8.88. The Morgan fingerprint density at radius 3 is 2.97 bits per heavy atom. The number of nitrogen functional groups attached to an aromatic ring is 1. The van der Waals surface area contributed by atoms with Crippen LogP contribution in [0.1, 0.15) is 5.69 Å². The van der Waals surface area contributed by atoms with E-state index < -0.39 is 0 Å². The number of hydrogen-bond donors (Lipinski definition) is 3. The molecule has 0 amide bonds. The van der Waals surface area contributed by atoms with Crippen molar-refractivity contribution >= 4 is 11.6 Å². The number of ether oxygens (including phenoxy) is 2. The first kappa shape index (κ1) is 19.2. The highest BCUT2D eigenvalue weighted by atomic mass is 16.5. The summed E-state index contributed by atoms with van der Waals surface area (Å²) < 4.78 is 11.3. The number of fused-ring (bicyclic) bond motifs is 1. The third kappa shape index (κ3) is 4.18. The smallest absolute Gasteiger partial charge is 0.198 e. The van der Waals surface area contributed by atoms with Gasteiger partial charge in [0.05, 0.1) is 43.4 Å². The van der Waals surface area contributed by atoms with Gasteiger partial charge in [-0.3, -0.25) is 4.98 Å². The Balaban J connectivity index is 1.67. The summed E-state index contributed by atoms with van der Waals surface area (Å²) in [5, 5.41) is 8.88. The van der Waals surface area contributed by atoms with Crippen molar-refractivity contribution in [1.29, 1.82) is 0 Å². The van der Waals surface area contributed by atoms with Crippen LogP contribution in [0.4, 0.5) is 11.6 Å². The summed E-state index contributed by atoms with van der Waals surface area (Å²) in [6.07, 6.45) is 1.78. The van der Waals surface area contributed by atoms with Crippen LogP contribution in [0.15, 0.2) is 36.5 Å². The summed E-state index contributed by atoms with van der Waals surface area (Å²) in [7, 11) is 0. The Morgan fingerprint density at radius 1 is 1.24 bits per heavy atom. The molecule has 29 heavy (non-hydrogen) atoms. The van der Waals surface area contributed by atoms with Crippen molar-refractivity contribution in [3.63, 3.8) is 0 Å². The maximum Gasteiger partial charge on any atom is 0.198 e. The lowest BCUT2D eigenvalue weighted by molar-refractivity contribution is 0.0959. The number of benzene rings is 1. The molecular formula is C21H25N5O3. The average molecular weight is 395 g/mol. The van der Waals surface area contributed by atoms with Gasteiger partial charge in [-0.05, 0) is 37.3 Å². The Bertz CT molecular complexity index is 988. The second-order valence-corrected chi connectivity index (χ2v) is 6.89. The van der Waals surface area contributed by atoms with Gasteiger partial charge in [-0.15, -0.1) is 0 Å². The van der Waals surface area contributed by atoms with Crippen LogP contribution in [0.5, 0.6) is 5.75 Å². The minimum absolute atomic E-state index is 0.0294. The molecule has 1 aromatic carbocycles. The molecule has 0 radical (unpaired) electrons. The molecular weight excluding hydrogens is 370 g/mol. The highest BCUT2D eigenvalue weighted by Crippen LogP contribution is 2.38. The van der Waals surface area contributed by atoms with Crippen molar-refractivity contribution in [2.75, 3.05) is 50.2 Å². The van der Waals surface area contributed by atoms with Crippen LogP contribution in [-0.4, -0.2) is 59.6 Å². The fourth-order valence-electron chi connectivity index (χ4n) is 3.50. The number of nitrogens with two attached hydrogens (primary N) is 1. The Morgan fingerprint density at radius 2 is 2.14 bits per heavy atom. The van der Waals surface area contributed by atoms with Gasteiger partial charge >= 0.3 is 0 Å². The van der Waals surface area contributed by atoms with Crippen LogP contribution in [-0.2, 0) is 4.74 Å². The van der Waals surface area contributed by atoms with Gasteiger partial charge in [0.15, 0.2) is 5.95 Å². The van der Waals surface area contributed by atoms with Gasteiger partial charge in [0.25, 0.3) is 0 Å². The third-order valence-electron chi connectivity index (χ3n) is 4.84. The number of H-pyrrole nitrogens is 1. The molecule has 3 aromatic rings. The van der Waals surface area contributed by atoms with E-state index in [1.165, 1.54) is 0 Å². The van der Waals surface area contributed by atoms with Gasteiger partial charge in [0.1, 0.15) is 12.4 Å². The van der Waals surface area contributed by atoms with Crippen LogP contribution < -0.4 is 15.4 Å². The minimum atomic E-state index is 0.0294. The highest BCUT2D eigenvalue weighted by Gasteiger charge is 2.21. The van der Waals surface area contributed by atoms with Crippen molar-refractivity contribution in [2.45, 2.75) is 6.92 Å². The number of hydrogen-bond acceptors (Lipinski definition) is 7. The standard InChI is InChI=1S/C21H25N5O3/c1-14-12-16(4-5-23-14)20-19(24-21(22)25-20)15-2-3-18-17(13-15)26(7-10-29-18)6-9-28-11-8-27/h2-5,12-13,27H,6-11H2,1H3,(H3,22,24,25). The molecule has 8 heteroatoms. The van der Waals surface area contributed by atoms with E-state index in [-0.39, 0.29) is 6.61 Å². The van der Waals surface area contributed by atoms with Crippen LogP contribution in [0.25, 0.3) is 22.5 Å². The topological polar surface area (TPSA) is 110 Å². The molecule has 1 aliphatic rings. The fourth-order valence-corrected chi connectivity index (χ4v) is 3.50. The van der Waals surface area contributed by atoms with Crippen molar-refractivity contribution in [3.8, 4) is 28.3 Å². The molecule has 152 valence electrons. The SMILES string of the molecule is Cc1cc(-c2[nH]c(N)nc2-c2ccc3c(c2)N(CCOCCO)CCO3)ccn1. The molecule has 0 saturated carbocycles. The Labute approximate surface area is 169 Å². The number of aryl methyl sites for hydroxylation is 1. The van der Waals surface area contributed by atoms with Crippen molar-refractivity contribution < 1.29 is 14.6 Å². The predicted molar refractivity (Wildman–Crippen MR) is 112 cm³/mol. The van der Waals surface area contributed by atoms with Gasteiger partial charge in [-0.2, -0.15) is 0 Å². The quantitative estimate of drug-likeness (QED) is 0.526. The predicted octanol–water partition coefficient (Wildman–Crippen LogP) is 2.24. The number of aromatic amines is 1. The van der Waals surface area contributed by atoms with E-state index in [2.05, 4.69) is 25.9 Å². The molecule has 0 aliphatic carbocycles. The number of nitrogens with one attached hydrogen (secondary N) is 1. The Hall–Kier alpha value is -3.10. The number of nitrogens with zero attached hydrogens (tertiary/aromatic N) is 3. The van der Waals surface area contributed by atoms with E-state index in [1.54, 1.807) is 6.20 Å². The molecule has 0 bridgehead atoms. The van der Waals surface area contributed by atoms with Gasteiger partial charge in [-0.25, -0.2) is 4.98 Å². The van der Waals surface area contributed by atoms with E-state index >= 15 is 0 Å². The van der Waals surface area contributed by atoms with Crippen molar-refractivity contribution in [1.82, 2.24) is 15.0 Å². The number of pyridine rings is 1. The van der Waals surface area contributed by atoms with E-state index in [9.17, 15) is 0 Å². The normalized spacial score (nSPS) is 13.2. The van der Waals surface area contributed by atoms with Crippen molar-refractivity contribution in [3.05, 3.63) is 42.2 Å². The largest absolute Gasteiger partial charge is 0.490 e.